The van der Waals surface area contributed by atoms with E-state index in [9.17, 15) is 4.79 Å². The summed E-state index contributed by atoms with van der Waals surface area (Å²) in [5, 5.41) is 6.35. The van der Waals surface area contributed by atoms with Gasteiger partial charge in [0.05, 0.1) is 7.11 Å². The van der Waals surface area contributed by atoms with Gasteiger partial charge < -0.3 is 15.4 Å². The second-order valence-electron chi connectivity index (χ2n) is 6.62. The number of carbonyl (C=O) groups excluding carboxylic acids is 1. The van der Waals surface area contributed by atoms with E-state index in [0.29, 0.717) is 24.1 Å². The first kappa shape index (κ1) is 18.2. The second-order valence-corrected chi connectivity index (χ2v) is 6.62. The van der Waals surface area contributed by atoms with Crippen molar-refractivity contribution in [1.29, 1.82) is 0 Å². The van der Waals surface area contributed by atoms with Gasteiger partial charge in [0.2, 0.25) is 0 Å². The predicted octanol–water partition coefficient (Wildman–Crippen LogP) is 3.55. The zero-order valence-corrected chi connectivity index (χ0v) is 15.2. The van der Waals surface area contributed by atoms with Crippen LogP contribution in [0, 0.1) is 0 Å². The maximum Gasteiger partial charge on any atom is 0.270 e. The van der Waals surface area contributed by atoms with Crippen LogP contribution in [0.1, 0.15) is 54.6 Å². The van der Waals surface area contributed by atoms with Gasteiger partial charge in [-0.25, -0.2) is 9.97 Å². The van der Waals surface area contributed by atoms with E-state index in [0.717, 1.165) is 24.2 Å². The number of benzene rings is 1. The fraction of sp³-hybridized carbons (Fsp3) is 0.450. The minimum atomic E-state index is -0.220. The molecule has 2 aromatic rings. The van der Waals surface area contributed by atoms with Gasteiger partial charge in [-0.05, 0) is 18.9 Å². The molecule has 0 saturated heterocycles. The Morgan fingerprint density at radius 2 is 1.92 bits per heavy atom. The number of nitrogens with one attached hydrogen (secondary N) is 2. The molecule has 0 radical (unpaired) electrons. The molecule has 0 atom stereocenters. The summed E-state index contributed by atoms with van der Waals surface area (Å²) in [7, 11) is 1.62. The summed E-state index contributed by atoms with van der Waals surface area (Å²) in [6, 6.07) is 9.78. The number of carbonyl (C=O) groups is 1. The highest BCUT2D eigenvalue weighted by Gasteiger charge is 2.14. The highest BCUT2D eigenvalue weighted by molar-refractivity contribution is 5.92. The number of hydrogen-bond acceptors (Lipinski definition) is 5. The minimum absolute atomic E-state index is 0.220. The molecule has 1 heterocycles. The van der Waals surface area contributed by atoms with E-state index < -0.39 is 0 Å². The average Bonchev–Trinajstić information content (AvgIpc) is 2.95. The third-order valence-electron chi connectivity index (χ3n) is 4.74. The number of para-hydroxylation sites is 1. The van der Waals surface area contributed by atoms with E-state index in [1.54, 1.807) is 13.2 Å². The van der Waals surface area contributed by atoms with E-state index in [1.165, 1.54) is 32.0 Å². The Morgan fingerprint density at radius 3 is 2.69 bits per heavy atom. The summed E-state index contributed by atoms with van der Waals surface area (Å²) < 4.78 is 5.31. The van der Waals surface area contributed by atoms with Crippen molar-refractivity contribution < 1.29 is 9.53 Å². The zero-order valence-electron chi connectivity index (χ0n) is 15.2. The van der Waals surface area contributed by atoms with Crippen LogP contribution in [0.5, 0.6) is 5.75 Å². The van der Waals surface area contributed by atoms with Crippen LogP contribution >= 0.6 is 0 Å². The second kappa shape index (κ2) is 9.17. The van der Waals surface area contributed by atoms with E-state index in [4.69, 9.17) is 4.74 Å². The number of amides is 1. The molecule has 6 heteroatoms. The van der Waals surface area contributed by atoms with Crippen molar-refractivity contribution in [2.45, 2.75) is 51.1 Å². The number of rotatable bonds is 6. The van der Waals surface area contributed by atoms with Crippen LogP contribution in [0.2, 0.25) is 0 Å². The van der Waals surface area contributed by atoms with Gasteiger partial charge in [-0.3, -0.25) is 4.79 Å². The molecule has 0 unspecified atom stereocenters. The van der Waals surface area contributed by atoms with Crippen molar-refractivity contribution in [3.63, 3.8) is 0 Å². The normalized spacial score (nSPS) is 15.1. The van der Waals surface area contributed by atoms with Crippen LogP contribution in [-0.4, -0.2) is 29.0 Å². The van der Waals surface area contributed by atoms with Crippen molar-refractivity contribution in [3.8, 4) is 5.75 Å². The van der Waals surface area contributed by atoms with Gasteiger partial charge >= 0.3 is 0 Å². The van der Waals surface area contributed by atoms with Crippen molar-refractivity contribution in [1.82, 2.24) is 15.3 Å². The monoisotopic (exact) mass is 354 g/mol. The molecule has 1 saturated carbocycles. The van der Waals surface area contributed by atoms with E-state index >= 15 is 0 Å². The van der Waals surface area contributed by atoms with Gasteiger partial charge in [0, 0.05) is 24.2 Å². The van der Waals surface area contributed by atoms with E-state index in [1.807, 2.05) is 24.3 Å². The van der Waals surface area contributed by atoms with E-state index in [2.05, 4.69) is 20.6 Å². The number of ether oxygens (including phenoxy) is 1. The molecular weight excluding hydrogens is 328 g/mol. The number of anilines is 1. The SMILES string of the molecule is COc1ccccc1CNC(=O)c1cc(NC2CCCCCC2)ncn1. The molecular formula is C20H26N4O2. The molecule has 2 N–H and O–H groups in total. The predicted molar refractivity (Wildman–Crippen MR) is 101 cm³/mol. The lowest BCUT2D eigenvalue weighted by Crippen LogP contribution is -2.25. The van der Waals surface area contributed by atoms with Gasteiger partial charge in [0.25, 0.3) is 5.91 Å². The number of methoxy groups -OCH3 is 1. The van der Waals surface area contributed by atoms with Crippen molar-refractivity contribution in [2.24, 2.45) is 0 Å². The van der Waals surface area contributed by atoms with Crippen molar-refractivity contribution in [3.05, 3.63) is 47.9 Å². The third kappa shape index (κ3) is 4.94. The quantitative estimate of drug-likeness (QED) is 0.776. The molecule has 138 valence electrons. The van der Waals surface area contributed by atoms with Crippen LogP contribution in [0.25, 0.3) is 0 Å². The lowest BCUT2D eigenvalue weighted by molar-refractivity contribution is 0.0945. The fourth-order valence-corrected chi connectivity index (χ4v) is 3.31. The molecule has 3 rings (SSSR count). The minimum Gasteiger partial charge on any atom is -0.496 e. The summed E-state index contributed by atoms with van der Waals surface area (Å²) in [5.41, 5.74) is 1.29. The molecule has 0 spiro atoms. The fourth-order valence-electron chi connectivity index (χ4n) is 3.31. The van der Waals surface area contributed by atoms with Gasteiger partial charge in [0.1, 0.15) is 23.6 Å². The van der Waals surface area contributed by atoms with Gasteiger partial charge in [0.15, 0.2) is 0 Å². The topological polar surface area (TPSA) is 76.1 Å². The Balaban J connectivity index is 1.60. The summed E-state index contributed by atoms with van der Waals surface area (Å²) in [6.45, 7) is 0.387. The van der Waals surface area contributed by atoms with Gasteiger partial charge in [-0.2, -0.15) is 0 Å². The molecule has 1 aliphatic rings. The van der Waals surface area contributed by atoms with Crippen LogP contribution in [0.3, 0.4) is 0 Å². The molecule has 1 amide bonds. The standard InChI is InChI=1S/C20H26N4O2/c1-26-18-11-7-6-8-15(18)13-21-20(25)17-12-19(23-14-22-17)24-16-9-4-2-3-5-10-16/h6-8,11-12,14,16H,2-5,9-10,13H2,1H3,(H,21,25)(H,22,23,24). The smallest absolute Gasteiger partial charge is 0.270 e. The highest BCUT2D eigenvalue weighted by atomic mass is 16.5. The lowest BCUT2D eigenvalue weighted by atomic mass is 10.1. The zero-order chi connectivity index (χ0) is 18.2. The number of aromatic nitrogens is 2. The number of nitrogens with zero attached hydrogens (tertiary/aromatic N) is 2. The first-order valence-corrected chi connectivity index (χ1v) is 9.25. The molecule has 0 aliphatic heterocycles. The summed E-state index contributed by atoms with van der Waals surface area (Å²) >= 11 is 0. The maximum absolute atomic E-state index is 12.4. The van der Waals surface area contributed by atoms with Crippen LogP contribution in [0.4, 0.5) is 5.82 Å². The van der Waals surface area contributed by atoms with Crippen LogP contribution in [-0.2, 0) is 6.54 Å². The lowest BCUT2D eigenvalue weighted by Gasteiger charge is -2.17. The first-order chi connectivity index (χ1) is 12.8. The Hall–Kier alpha value is -2.63. The van der Waals surface area contributed by atoms with Gasteiger partial charge in [-0.1, -0.05) is 43.9 Å². The Morgan fingerprint density at radius 1 is 1.15 bits per heavy atom. The molecule has 1 aromatic carbocycles. The van der Waals surface area contributed by atoms with E-state index in [-0.39, 0.29) is 5.91 Å². The average molecular weight is 354 g/mol. The first-order valence-electron chi connectivity index (χ1n) is 9.25. The Kier molecular flexibility index (Phi) is 6.41. The Bertz CT molecular complexity index is 727. The summed E-state index contributed by atoms with van der Waals surface area (Å²) in [5.74, 6) is 1.25. The summed E-state index contributed by atoms with van der Waals surface area (Å²) in [6.07, 6.45) is 8.84. The molecule has 6 nitrogen and oxygen atoms in total. The molecule has 1 aromatic heterocycles. The molecule has 0 bridgehead atoms. The third-order valence-corrected chi connectivity index (χ3v) is 4.74. The number of hydrogen-bond donors (Lipinski definition) is 2. The largest absolute Gasteiger partial charge is 0.496 e. The highest BCUT2D eigenvalue weighted by Crippen LogP contribution is 2.20. The Labute approximate surface area is 154 Å². The van der Waals surface area contributed by atoms with Crippen LogP contribution in [0.15, 0.2) is 36.7 Å². The maximum atomic E-state index is 12.4. The molecule has 1 fully saturated rings. The van der Waals surface area contributed by atoms with Gasteiger partial charge in [-0.15, -0.1) is 0 Å². The molecule has 26 heavy (non-hydrogen) atoms. The van der Waals surface area contributed by atoms with Crippen LogP contribution < -0.4 is 15.4 Å². The molecule has 1 aliphatic carbocycles. The summed E-state index contributed by atoms with van der Waals surface area (Å²) in [4.78, 5) is 20.8. The van der Waals surface area contributed by atoms with Crippen molar-refractivity contribution in [2.75, 3.05) is 12.4 Å². The van der Waals surface area contributed by atoms with Crippen molar-refractivity contribution >= 4 is 11.7 Å².